The summed E-state index contributed by atoms with van der Waals surface area (Å²) in [6, 6.07) is 7.74. The second-order valence-corrected chi connectivity index (χ2v) is 8.81. The lowest BCUT2D eigenvalue weighted by molar-refractivity contribution is -0.119. The van der Waals surface area contributed by atoms with Crippen molar-refractivity contribution >= 4 is 11.6 Å². The van der Waals surface area contributed by atoms with Crippen LogP contribution in [0, 0.1) is 18.6 Å². The molecule has 168 valence electrons. The Morgan fingerprint density at radius 1 is 1.19 bits per heavy atom. The van der Waals surface area contributed by atoms with E-state index in [0.29, 0.717) is 12.1 Å². The molecular weight excluding hydrogens is 408 g/mol. The zero-order valence-electron chi connectivity index (χ0n) is 18.9. The number of aromatic nitrogens is 2. The molecule has 1 amide bonds. The SMILES string of the molecule is Cc1cc(N(Cc2nccn2C)C(=O)CC(C)c2ccc(F)cc2F)cc2c1CCCC2. The van der Waals surface area contributed by atoms with Gasteiger partial charge in [0.2, 0.25) is 5.91 Å². The Labute approximate surface area is 187 Å². The van der Waals surface area contributed by atoms with E-state index < -0.39 is 11.6 Å². The molecule has 1 heterocycles. The highest BCUT2D eigenvalue weighted by atomic mass is 19.1. The van der Waals surface area contributed by atoms with E-state index in [4.69, 9.17) is 0 Å². The van der Waals surface area contributed by atoms with Crippen molar-refractivity contribution in [2.45, 2.75) is 58.4 Å². The van der Waals surface area contributed by atoms with Crippen LogP contribution in [-0.4, -0.2) is 15.5 Å². The van der Waals surface area contributed by atoms with Crippen LogP contribution in [0.4, 0.5) is 14.5 Å². The van der Waals surface area contributed by atoms with Crippen LogP contribution >= 0.6 is 0 Å². The second kappa shape index (κ2) is 9.23. The molecule has 0 saturated carbocycles. The third-order valence-electron chi connectivity index (χ3n) is 6.48. The van der Waals surface area contributed by atoms with Crippen LogP contribution in [0.2, 0.25) is 0 Å². The first-order valence-corrected chi connectivity index (χ1v) is 11.2. The molecular formula is C26H29F2N3O. The third kappa shape index (κ3) is 4.59. The summed E-state index contributed by atoms with van der Waals surface area (Å²) in [5, 5.41) is 0. The Morgan fingerprint density at radius 3 is 2.69 bits per heavy atom. The van der Waals surface area contributed by atoms with Crippen LogP contribution in [0.3, 0.4) is 0 Å². The van der Waals surface area contributed by atoms with Gasteiger partial charge < -0.3 is 9.47 Å². The lowest BCUT2D eigenvalue weighted by Crippen LogP contribution is -2.32. The molecule has 0 fully saturated rings. The predicted molar refractivity (Wildman–Crippen MR) is 122 cm³/mol. The molecule has 1 atom stereocenters. The maximum Gasteiger partial charge on any atom is 0.228 e. The van der Waals surface area contributed by atoms with Gasteiger partial charge in [0.25, 0.3) is 0 Å². The first kappa shape index (κ1) is 22.2. The molecule has 4 rings (SSSR count). The van der Waals surface area contributed by atoms with Crippen molar-refractivity contribution in [1.29, 1.82) is 0 Å². The van der Waals surface area contributed by atoms with E-state index in [1.807, 2.05) is 17.8 Å². The molecule has 1 aromatic heterocycles. The monoisotopic (exact) mass is 437 g/mol. The van der Waals surface area contributed by atoms with E-state index in [1.165, 1.54) is 35.2 Å². The number of imidazole rings is 1. The van der Waals surface area contributed by atoms with E-state index in [0.717, 1.165) is 36.8 Å². The molecule has 0 saturated heterocycles. The van der Waals surface area contributed by atoms with E-state index >= 15 is 0 Å². The van der Waals surface area contributed by atoms with E-state index in [1.54, 1.807) is 18.0 Å². The minimum Gasteiger partial charge on any atom is -0.337 e. The second-order valence-electron chi connectivity index (χ2n) is 8.81. The number of amides is 1. The minimum absolute atomic E-state index is 0.112. The molecule has 1 aliphatic carbocycles. The first-order valence-electron chi connectivity index (χ1n) is 11.2. The molecule has 32 heavy (non-hydrogen) atoms. The summed E-state index contributed by atoms with van der Waals surface area (Å²) >= 11 is 0. The van der Waals surface area contributed by atoms with Crippen molar-refractivity contribution in [2.75, 3.05) is 4.90 Å². The van der Waals surface area contributed by atoms with Crippen LogP contribution in [0.15, 0.2) is 42.7 Å². The number of benzene rings is 2. The van der Waals surface area contributed by atoms with Gasteiger partial charge in [-0.25, -0.2) is 13.8 Å². The number of hydrogen-bond acceptors (Lipinski definition) is 2. The minimum atomic E-state index is -0.620. The fourth-order valence-electron chi connectivity index (χ4n) is 4.62. The molecule has 0 aliphatic heterocycles. The normalized spacial score (nSPS) is 14.2. The quantitative estimate of drug-likeness (QED) is 0.503. The van der Waals surface area contributed by atoms with Gasteiger partial charge in [-0.3, -0.25) is 4.79 Å². The molecule has 0 bridgehead atoms. The molecule has 4 nitrogen and oxygen atoms in total. The number of hydrogen-bond donors (Lipinski definition) is 0. The van der Waals surface area contributed by atoms with Gasteiger partial charge in [0.1, 0.15) is 17.5 Å². The van der Waals surface area contributed by atoms with Crippen molar-refractivity contribution < 1.29 is 13.6 Å². The topological polar surface area (TPSA) is 38.1 Å². The van der Waals surface area contributed by atoms with E-state index in [-0.39, 0.29) is 18.2 Å². The summed E-state index contributed by atoms with van der Waals surface area (Å²) in [4.78, 5) is 19.7. The molecule has 0 spiro atoms. The number of carbonyl (C=O) groups excluding carboxylic acids is 1. The fraction of sp³-hybridized carbons (Fsp3) is 0.385. The summed E-state index contributed by atoms with van der Waals surface area (Å²) in [6.07, 6.45) is 8.14. The molecule has 0 N–H and O–H groups in total. The lowest BCUT2D eigenvalue weighted by atomic mass is 9.88. The molecule has 0 radical (unpaired) electrons. The van der Waals surface area contributed by atoms with Gasteiger partial charge in [-0.15, -0.1) is 0 Å². The van der Waals surface area contributed by atoms with E-state index in [2.05, 4.69) is 24.0 Å². The summed E-state index contributed by atoms with van der Waals surface area (Å²) in [6.45, 7) is 4.23. The fourth-order valence-corrected chi connectivity index (χ4v) is 4.62. The number of fused-ring (bicyclic) bond motifs is 1. The number of anilines is 1. The lowest BCUT2D eigenvalue weighted by Gasteiger charge is -2.27. The third-order valence-corrected chi connectivity index (χ3v) is 6.48. The van der Waals surface area contributed by atoms with E-state index in [9.17, 15) is 13.6 Å². The Kier molecular flexibility index (Phi) is 6.40. The molecule has 3 aromatic rings. The number of aryl methyl sites for hydroxylation is 3. The molecule has 6 heteroatoms. The average molecular weight is 438 g/mol. The summed E-state index contributed by atoms with van der Waals surface area (Å²) in [7, 11) is 1.90. The van der Waals surface area contributed by atoms with Crippen molar-refractivity contribution in [1.82, 2.24) is 9.55 Å². The van der Waals surface area contributed by atoms with Crippen molar-refractivity contribution in [3.63, 3.8) is 0 Å². The average Bonchev–Trinajstić information content (AvgIpc) is 3.16. The predicted octanol–water partition coefficient (Wildman–Crippen LogP) is 5.61. The zero-order chi connectivity index (χ0) is 22.8. The summed E-state index contributed by atoms with van der Waals surface area (Å²) < 4.78 is 29.5. The number of carbonyl (C=O) groups is 1. The molecule has 1 aliphatic rings. The van der Waals surface area contributed by atoms with Gasteiger partial charge >= 0.3 is 0 Å². The first-order chi connectivity index (χ1) is 15.3. The summed E-state index contributed by atoms with van der Waals surface area (Å²) in [5.74, 6) is -0.962. The van der Waals surface area contributed by atoms with Crippen LogP contribution in [0.5, 0.6) is 0 Å². The van der Waals surface area contributed by atoms with Gasteiger partial charge in [0, 0.05) is 37.6 Å². The smallest absolute Gasteiger partial charge is 0.228 e. The number of nitrogens with zero attached hydrogens (tertiary/aromatic N) is 3. The van der Waals surface area contributed by atoms with Gasteiger partial charge in [-0.1, -0.05) is 13.0 Å². The largest absolute Gasteiger partial charge is 0.337 e. The maximum atomic E-state index is 14.3. The standard InChI is InChI=1S/C26H29F2N3O/c1-17-12-21(14-19-6-4-5-7-22(17)19)31(16-25-29-10-11-30(25)3)26(32)13-18(2)23-9-8-20(27)15-24(23)28/h8-12,14-15,18H,4-7,13,16H2,1-3H3. The highest BCUT2D eigenvalue weighted by Gasteiger charge is 2.24. The van der Waals surface area contributed by atoms with Crippen LogP contribution in [0.1, 0.15) is 60.2 Å². The van der Waals surface area contributed by atoms with Crippen molar-refractivity contribution in [2.24, 2.45) is 7.05 Å². The van der Waals surface area contributed by atoms with Crippen molar-refractivity contribution in [3.8, 4) is 0 Å². The number of rotatable bonds is 6. The van der Waals surface area contributed by atoms with Crippen LogP contribution < -0.4 is 4.90 Å². The Balaban J connectivity index is 1.65. The van der Waals surface area contributed by atoms with Gasteiger partial charge in [0.05, 0.1) is 6.54 Å². The van der Waals surface area contributed by atoms with Crippen LogP contribution in [0.25, 0.3) is 0 Å². The van der Waals surface area contributed by atoms with Gasteiger partial charge in [-0.2, -0.15) is 0 Å². The Hall–Kier alpha value is -3.02. The Morgan fingerprint density at radius 2 is 1.97 bits per heavy atom. The van der Waals surface area contributed by atoms with Gasteiger partial charge in [0.15, 0.2) is 0 Å². The maximum absolute atomic E-state index is 14.3. The molecule has 1 unspecified atom stereocenters. The highest BCUT2D eigenvalue weighted by molar-refractivity contribution is 5.94. The number of halogens is 2. The van der Waals surface area contributed by atoms with Crippen LogP contribution in [-0.2, 0) is 31.2 Å². The Bertz CT molecular complexity index is 1140. The van der Waals surface area contributed by atoms with Crippen molar-refractivity contribution in [3.05, 3.63) is 82.4 Å². The highest BCUT2D eigenvalue weighted by Crippen LogP contribution is 2.32. The summed E-state index contributed by atoms with van der Waals surface area (Å²) in [5.41, 5.74) is 5.10. The zero-order valence-corrected chi connectivity index (χ0v) is 18.9. The van der Waals surface area contributed by atoms with Gasteiger partial charge in [-0.05, 0) is 79.0 Å². The molecule has 2 aromatic carbocycles.